The lowest BCUT2D eigenvalue weighted by Gasteiger charge is -2.11. The molecular formula is C21H22ClN3O2. The van der Waals surface area contributed by atoms with Gasteiger partial charge in [-0.25, -0.2) is 0 Å². The van der Waals surface area contributed by atoms with Gasteiger partial charge in [-0.1, -0.05) is 41.9 Å². The van der Waals surface area contributed by atoms with Gasteiger partial charge < -0.3 is 10.1 Å². The lowest BCUT2D eigenvalue weighted by atomic mass is 10.1. The number of nitrogens with one attached hydrogen (secondary N) is 1. The maximum absolute atomic E-state index is 12.8. The zero-order valence-electron chi connectivity index (χ0n) is 15.6. The third-order valence-corrected chi connectivity index (χ3v) is 4.70. The number of hydrogen-bond acceptors (Lipinski definition) is 3. The molecule has 140 valence electrons. The molecular weight excluding hydrogens is 362 g/mol. The van der Waals surface area contributed by atoms with Crippen molar-refractivity contribution in [1.29, 1.82) is 0 Å². The molecule has 0 saturated carbocycles. The summed E-state index contributed by atoms with van der Waals surface area (Å²) in [4.78, 5) is 12.8. The van der Waals surface area contributed by atoms with E-state index in [2.05, 4.69) is 10.4 Å². The fraction of sp³-hybridized carbons (Fsp3) is 0.238. The van der Waals surface area contributed by atoms with E-state index in [1.807, 2.05) is 61.9 Å². The predicted octanol–water partition coefficient (Wildman–Crippen LogP) is 4.85. The maximum Gasteiger partial charge on any atom is 0.259 e. The van der Waals surface area contributed by atoms with Crippen LogP contribution in [0.1, 0.15) is 34.2 Å². The summed E-state index contributed by atoms with van der Waals surface area (Å²) < 4.78 is 7.41. The Balaban J connectivity index is 1.85. The number of halogens is 1. The van der Waals surface area contributed by atoms with E-state index in [9.17, 15) is 4.79 Å². The van der Waals surface area contributed by atoms with E-state index in [0.717, 1.165) is 17.0 Å². The molecule has 2 aromatic carbocycles. The lowest BCUT2D eigenvalue weighted by molar-refractivity contribution is 0.102. The van der Waals surface area contributed by atoms with E-state index in [1.165, 1.54) is 0 Å². The van der Waals surface area contributed by atoms with Gasteiger partial charge in [0.25, 0.3) is 5.91 Å². The monoisotopic (exact) mass is 383 g/mol. The van der Waals surface area contributed by atoms with Gasteiger partial charge >= 0.3 is 0 Å². The first-order chi connectivity index (χ1) is 13.0. The highest BCUT2D eigenvalue weighted by atomic mass is 35.5. The average Bonchev–Trinajstić information content (AvgIpc) is 2.92. The molecule has 0 spiro atoms. The molecule has 27 heavy (non-hydrogen) atoms. The van der Waals surface area contributed by atoms with Crippen LogP contribution in [-0.4, -0.2) is 22.3 Å². The molecule has 0 atom stereocenters. The quantitative estimate of drug-likeness (QED) is 0.661. The number of hydrogen-bond donors (Lipinski definition) is 1. The van der Waals surface area contributed by atoms with Gasteiger partial charge in [-0.05, 0) is 44.5 Å². The number of carbonyl (C=O) groups is 1. The van der Waals surface area contributed by atoms with Gasteiger partial charge in [0.05, 0.1) is 35.8 Å². The number of aromatic nitrogens is 2. The van der Waals surface area contributed by atoms with Crippen LogP contribution in [-0.2, 0) is 6.54 Å². The number of nitrogens with zero attached hydrogens (tertiary/aromatic N) is 2. The van der Waals surface area contributed by atoms with E-state index in [0.29, 0.717) is 35.2 Å². The Morgan fingerprint density at radius 1 is 1.15 bits per heavy atom. The van der Waals surface area contributed by atoms with Crippen LogP contribution >= 0.6 is 11.6 Å². The molecule has 0 aliphatic rings. The minimum absolute atomic E-state index is 0.220. The fourth-order valence-electron chi connectivity index (χ4n) is 2.94. The fourth-order valence-corrected chi connectivity index (χ4v) is 3.13. The van der Waals surface area contributed by atoms with Gasteiger partial charge in [0, 0.05) is 5.02 Å². The molecule has 0 fully saturated rings. The van der Waals surface area contributed by atoms with Crippen LogP contribution in [0.25, 0.3) is 0 Å². The summed E-state index contributed by atoms with van der Waals surface area (Å²) >= 11 is 6.26. The molecule has 0 aliphatic carbocycles. The molecule has 1 heterocycles. The zero-order chi connectivity index (χ0) is 19.4. The molecule has 3 aromatic rings. The van der Waals surface area contributed by atoms with E-state index < -0.39 is 0 Å². The van der Waals surface area contributed by atoms with Crippen LogP contribution in [0, 0.1) is 13.8 Å². The molecule has 1 amide bonds. The molecule has 0 unspecified atom stereocenters. The highest BCUT2D eigenvalue weighted by Crippen LogP contribution is 2.25. The molecule has 1 N–H and O–H groups in total. The highest BCUT2D eigenvalue weighted by molar-refractivity contribution is 6.31. The summed E-state index contributed by atoms with van der Waals surface area (Å²) in [7, 11) is 0. The Kier molecular flexibility index (Phi) is 5.81. The summed E-state index contributed by atoms with van der Waals surface area (Å²) in [5, 5.41) is 8.24. The smallest absolute Gasteiger partial charge is 0.259 e. The maximum atomic E-state index is 12.8. The van der Waals surface area contributed by atoms with E-state index in [-0.39, 0.29) is 5.91 Å². The van der Waals surface area contributed by atoms with Crippen molar-refractivity contribution in [3.63, 3.8) is 0 Å². The zero-order valence-corrected chi connectivity index (χ0v) is 16.4. The number of rotatable bonds is 6. The average molecular weight is 384 g/mol. The van der Waals surface area contributed by atoms with Gasteiger partial charge in [0.2, 0.25) is 0 Å². The largest absolute Gasteiger partial charge is 0.493 e. The van der Waals surface area contributed by atoms with Crippen LogP contribution in [0.2, 0.25) is 5.02 Å². The van der Waals surface area contributed by atoms with Gasteiger partial charge in [0.15, 0.2) is 0 Å². The number of amides is 1. The Hall–Kier alpha value is -2.79. The number of benzene rings is 2. The first-order valence-corrected chi connectivity index (χ1v) is 9.19. The second kappa shape index (κ2) is 8.27. The SMILES string of the molecule is CCOc1ccccc1C(=O)Nc1c(C)nn(Cc2ccccc2Cl)c1C. The first-order valence-electron chi connectivity index (χ1n) is 8.81. The number of aryl methyl sites for hydroxylation is 1. The number of carbonyl (C=O) groups excluding carboxylic acids is 1. The van der Waals surface area contributed by atoms with Crippen molar-refractivity contribution in [2.75, 3.05) is 11.9 Å². The Bertz CT molecular complexity index is 966. The van der Waals surface area contributed by atoms with Gasteiger partial charge in [-0.15, -0.1) is 0 Å². The van der Waals surface area contributed by atoms with Crippen LogP contribution < -0.4 is 10.1 Å². The van der Waals surface area contributed by atoms with Crippen molar-refractivity contribution in [2.45, 2.75) is 27.3 Å². The molecule has 5 nitrogen and oxygen atoms in total. The van der Waals surface area contributed by atoms with Crippen molar-refractivity contribution in [1.82, 2.24) is 9.78 Å². The highest BCUT2D eigenvalue weighted by Gasteiger charge is 2.18. The molecule has 3 rings (SSSR count). The Labute approximate surface area is 163 Å². The molecule has 0 saturated heterocycles. The minimum Gasteiger partial charge on any atom is -0.493 e. The normalized spacial score (nSPS) is 10.7. The Morgan fingerprint density at radius 2 is 1.85 bits per heavy atom. The van der Waals surface area contributed by atoms with E-state index >= 15 is 0 Å². The summed E-state index contributed by atoms with van der Waals surface area (Å²) in [5.41, 5.74) is 3.80. The third kappa shape index (κ3) is 4.14. The standard InChI is InChI=1S/C21H22ClN3O2/c1-4-27-19-12-8-6-10-17(19)21(26)23-20-14(2)24-25(15(20)3)13-16-9-5-7-11-18(16)22/h5-12H,4,13H2,1-3H3,(H,23,26). The van der Waals surface area contributed by atoms with Crippen molar-refractivity contribution in [3.05, 3.63) is 76.1 Å². The molecule has 1 aromatic heterocycles. The number of para-hydroxylation sites is 1. The third-order valence-electron chi connectivity index (χ3n) is 4.33. The van der Waals surface area contributed by atoms with Gasteiger partial charge in [-0.2, -0.15) is 5.10 Å². The molecule has 0 bridgehead atoms. The second-order valence-electron chi connectivity index (χ2n) is 6.18. The predicted molar refractivity (Wildman–Crippen MR) is 108 cm³/mol. The van der Waals surface area contributed by atoms with Gasteiger partial charge in [-0.3, -0.25) is 9.48 Å². The Morgan fingerprint density at radius 3 is 2.59 bits per heavy atom. The van der Waals surface area contributed by atoms with Crippen molar-refractivity contribution in [2.24, 2.45) is 0 Å². The van der Waals surface area contributed by atoms with Crippen molar-refractivity contribution in [3.8, 4) is 5.75 Å². The topological polar surface area (TPSA) is 56.1 Å². The summed E-state index contributed by atoms with van der Waals surface area (Å²) in [6, 6.07) is 14.9. The number of anilines is 1. The summed E-state index contributed by atoms with van der Waals surface area (Å²) in [6.07, 6.45) is 0. The molecule has 0 aliphatic heterocycles. The van der Waals surface area contributed by atoms with Crippen LogP contribution in [0.4, 0.5) is 5.69 Å². The summed E-state index contributed by atoms with van der Waals surface area (Å²) in [6.45, 7) is 6.73. The van der Waals surface area contributed by atoms with Gasteiger partial charge in [0.1, 0.15) is 5.75 Å². The van der Waals surface area contributed by atoms with Crippen LogP contribution in [0.15, 0.2) is 48.5 Å². The lowest BCUT2D eigenvalue weighted by Crippen LogP contribution is -2.15. The number of ether oxygens (including phenoxy) is 1. The van der Waals surface area contributed by atoms with Crippen LogP contribution in [0.5, 0.6) is 5.75 Å². The van der Waals surface area contributed by atoms with Crippen molar-refractivity contribution < 1.29 is 9.53 Å². The van der Waals surface area contributed by atoms with Crippen LogP contribution in [0.3, 0.4) is 0 Å². The van der Waals surface area contributed by atoms with E-state index in [4.69, 9.17) is 16.3 Å². The molecule has 0 radical (unpaired) electrons. The first kappa shape index (κ1) is 19.0. The van der Waals surface area contributed by atoms with E-state index in [1.54, 1.807) is 12.1 Å². The second-order valence-corrected chi connectivity index (χ2v) is 6.59. The minimum atomic E-state index is -0.220. The summed E-state index contributed by atoms with van der Waals surface area (Å²) in [5.74, 6) is 0.346. The molecule has 6 heteroatoms. The van der Waals surface area contributed by atoms with Crippen molar-refractivity contribution >= 4 is 23.2 Å².